The highest BCUT2D eigenvalue weighted by Crippen LogP contribution is 2.19. The van der Waals surface area contributed by atoms with Crippen LogP contribution in [0.4, 0.5) is 0 Å². The van der Waals surface area contributed by atoms with E-state index in [0.717, 1.165) is 0 Å². The Hall–Kier alpha value is -1.56. The van der Waals surface area contributed by atoms with Crippen molar-refractivity contribution < 1.29 is 28.7 Å². The maximum Gasteiger partial charge on any atom is 0.322 e. The van der Waals surface area contributed by atoms with Gasteiger partial charge in [0.1, 0.15) is 21.9 Å². The van der Waals surface area contributed by atoms with E-state index in [1.165, 1.54) is 0 Å². The third-order valence-electron chi connectivity index (χ3n) is 3.87. The Morgan fingerprint density at radius 2 is 0.938 bits per heavy atom. The summed E-state index contributed by atoms with van der Waals surface area (Å²) in [4.78, 5) is 48.1. The molecule has 2 N–H and O–H groups in total. The van der Waals surface area contributed by atoms with E-state index in [1.54, 1.807) is 55.4 Å². The largest absolute Gasteiger partial charge is 0.463 e. The van der Waals surface area contributed by atoms with Gasteiger partial charge in [-0.2, -0.15) is 10.2 Å². The molecule has 0 aromatic heterocycles. The number of alkyl halides is 2. The van der Waals surface area contributed by atoms with Crippen LogP contribution in [0.1, 0.15) is 55.4 Å². The van der Waals surface area contributed by atoms with Crippen LogP contribution in [0.5, 0.6) is 0 Å². The molecule has 0 fully saturated rings. The van der Waals surface area contributed by atoms with Crippen LogP contribution in [0.3, 0.4) is 0 Å². The molecule has 0 heterocycles. The second-order valence-electron chi connectivity index (χ2n) is 9.05. The van der Waals surface area contributed by atoms with Crippen molar-refractivity contribution in [1.29, 1.82) is 0 Å². The molecule has 32 heavy (non-hydrogen) atoms. The van der Waals surface area contributed by atoms with E-state index >= 15 is 0 Å². The molecule has 12 heteroatoms. The quantitative estimate of drug-likeness (QED) is 0.156. The number of halogens is 2. The fraction of sp³-hybridized carbons (Fsp3) is 0.800. The van der Waals surface area contributed by atoms with Crippen LogP contribution in [0, 0.1) is 0 Å². The van der Waals surface area contributed by atoms with Gasteiger partial charge in [-0.15, -0.1) is 0 Å². The molecule has 0 saturated heterocycles. The number of nitrogens with zero attached hydrogens (tertiary/aromatic N) is 2. The molecule has 0 unspecified atom stereocenters. The summed E-state index contributed by atoms with van der Waals surface area (Å²) in [6.07, 6.45) is 0. The van der Waals surface area contributed by atoms with Crippen LogP contribution in [-0.4, -0.2) is 69.8 Å². The maximum atomic E-state index is 12.4. The fourth-order valence-electron chi connectivity index (χ4n) is 1.73. The standard InChI is InChI=1S/C20H34Br2N4O6/c1-17(2,21)15(29)31-11-9-23-13(27)19(5,6)25-26-20(7,8)14(28)24-10-12-32-16(30)18(3,4)22/h9-12H2,1-8H3,(H,23,27)(H,24,28). The van der Waals surface area contributed by atoms with E-state index in [9.17, 15) is 19.2 Å². The average Bonchev–Trinajstić information content (AvgIpc) is 2.64. The van der Waals surface area contributed by atoms with Crippen molar-refractivity contribution in [2.75, 3.05) is 26.3 Å². The van der Waals surface area contributed by atoms with Gasteiger partial charge in [-0.1, -0.05) is 31.9 Å². The summed E-state index contributed by atoms with van der Waals surface area (Å²) in [6, 6.07) is 0. The van der Waals surface area contributed by atoms with E-state index in [0.29, 0.717) is 0 Å². The molecule has 10 nitrogen and oxygen atoms in total. The van der Waals surface area contributed by atoms with Crippen LogP contribution in [0.25, 0.3) is 0 Å². The number of esters is 2. The van der Waals surface area contributed by atoms with E-state index in [4.69, 9.17) is 9.47 Å². The summed E-state index contributed by atoms with van der Waals surface area (Å²) in [6.45, 7) is 13.1. The highest BCUT2D eigenvalue weighted by molar-refractivity contribution is 9.10. The smallest absolute Gasteiger partial charge is 0.322 e. The molecule has 2 amide bonds. The van der Waals surface area contributed by atoms with Gasteiger partial charge in [-0.25, -0.2) is 0 Å². The van der Waals surface area contributed by atoms with Gasteiger partial charge < -0.3 is 20.1 Å². The molecular weight excluding hydrogens is 552 g/mol. The van der Waals surface area contributed by atoms with Crippen LogP contribution in [-0.2, 0) is 28.7 Å². The topological polar surface area (TPSA) is 136 Å². The lowest BCUT2D eigenvalue weighted by atomic mass is 10.0. The Balaban J connectivity index is 4.61. The summed E-state index contributed by atoms with van der Waals surface area (Å²) in [5.41, 5.74) is -2.49. The molecule has 184 valence electrons. The van der Waals surface area contributed by atoms with Gasteiger partial charge in [0.25, 0.3) is 0 Å². The number of hydrogen-bond acceptors (Lipinski definition) is 8. The molecule has 0 aliphatic carbocycles. The Morgan fingerprint density at radius 1 is 0.656 bits per heavy atom. The molecular formula is C20H34Br2N4O6. The van der Waals surface area contributed by atoms with Crippen molar-refractivity contribution >= 4 is 55.6 Å². The Labute approximate surface area is 206 Å². The summed E-state index contributed by atoms with van der Waals surface area (Å²) in [7, 11) is 0. The predicted octanol–water partition coefficient (Wildman–Crippen LogP) is 2.66. The van der Waals surface area contributed by atoms with E-state index < -0.39 is 43.5 Å². The Morgan fingerprint density at radius 3 is 1.19 bits per heavy atom. The number of azo groups is 1. The molecule has 0 saturated carbocycles. The minimum atomic E-state index is -1.24. The van der Waals surface area contributed by atoms with Crippen molar-refractivity contribution in [3.63, 3.8) is 0 Å². The monoisotopic (exact) mass is 584 g/mol. The lowest BCUT2D eigenvalue weighted by Gasteiger charge is -2.22. The van der Waals surface area contributed by atoms with Gasteiger partial charge in [0, 0.05) is 0 Å². The number of rotatable bonds is 12. The average molecular weight is 586 g/mol. The normalized spacial score (nSPS) is 12.9. The van der Waals surface area contributed by atoms with E-state index in [-0.39, 0.29) is 26.3 Å². The first kappa shape index (κ1) is 30.4. The summed E-state index contributed by atoms with van der Waals surface area (Å²) in [5.74, 6) is -1.75. The number of ether oxygens (including phenoxy) is 2. The number of carbonyl (C=O) groups is 4. The molecule has 0 aliphatic heterocycles. The Bertz CT molecular complexity index is 665. The van der Waals surface area contributed by atoms with Gasteiger partial charge >= 0.3 is 11.9 Å². The molecule has 0 aromatic carbocycles. The van der Waals surface area contributed by atoms with Gasteiger partial charge in [0.2, 0.25) is 11.8 Å². The summed E-state index contributed by atoms with van der Waals surface area (Å²) < 4.78 is 8.50. The van der Waals surface area contributed by atoms with E-state index in [1.807, 2.05) is 0 Å². The molecule has 0 rings (SSSR count). The maximum absolute atomic E-state index is 12.4. The second kappa shape index (κ2) is 12.1. The minimum absolute atomic E-state index is 0.0115. The lowest BCUT2D eigenvalue weighted by Crippen LogP contribution is -2.45. The van der Waals surface area contributed by atoms with Gasteiger partial charge in [0.05, 0.1) is 13.1 Å². The summed E-state index contributed by atoms with van der Waals surface area (Å²) in [5, 5.41) is 13.3. The number of carbonyl (C=O) groups excluding carboxylic acids is 4. The molecule has 0 radical (unpaired) electrons. The zero-order chi connectivity index (χ0) is 25.4. The number of nitrogens with one attached hydrogen (secondary N) is 2. The van der Waals surface area contributed by atoms with Crippen molar-refractivity contribution in [2.45, 2.75) is 75.1 Å². The molecule has 0 spiro atoms. The van der Waals surface area contributed by atoms with Crippen molar-refractivity contribution in [3.05, 3.63) is 0 Å². The van der Waals surface area contributed by atoms with Crippen LogP contribution >= 0.6 is 31.9 Å². The number of amides is 2. The SMILES string of the molecule is CC(C)(Br)C(=O)OCCNC(=O)C(C)(C)N=NC(C)(C)C(=O)NCCOC(=O)C(C)(C)Br. The zero-order valence-electron chi connectivity index (χ0n) is 19.9. The molecule has 0 bridgehead atoms. The lowest BCUT2D eigenvalue weighted by molar-refractivity contribution is -0.146. The van der Waals surface area contributed by atoms with Crippen molar-refractivity contribution in [1.82, 2.24) is 10.6 Å². The summed E-state index contributed by atoms with van der Waals surface area (Å²) >= 11 is 6.39. The van der Waals surface area contributed by atoms with Crippen LogP contribution < -0.4 is 10.6 Å². The fourth-order valence-corrected chi connectivity index (χ4v) is 1.96. The first-order valence-corrected chi connectivity index (χ1v) is 11.6. The molecule has 0 aliphatic rings. The van der Waals surface area contributed by atoms with Crippen molar-refractivity contribution in [3.8, 4) is 0 Å². The molecule has 0 atom stereocenters. The Kier molecular flexibility index (Phi) is 11.5. The number of hydrogen-bond donors (Lipinski definition) is 2. The van der Waals surface area contributed by atoms with Crippen LogP contribution in [0.2, 0.25) is 0 Å². The van der Waals surface area contributed by atoms with Crippen LogP contribution in [0.15, 0.2) is 10.2 Å². The van der Waals surface area contributed by atoms with E-state index in [2.05, 4.69) is 52.7 Å². The first-order chi connectivity index (χ1) is 14.3. The zero-order valence-corrected chi connectivity index (χ0v) is 23.1. The predicted molar refractivity (Wildman–Crippen MR) is 127 cm³/mol. The third-order valence-corrected chi connectivity index (χ3v) is 4.52. The highest BCUT2D eigenvalue weighted by atomic mass is 79.9. The third kappa shape index (κ3) is 11.3. The molecule has 0 aromatic rings. The van der Waals surface area contributed by atoms with Crippen molar-refractivity contribution in [2.24, 2.45) is 10.2 Å². The second-order valence-corrected chi connectivity index (χ2v) is 13.0. The first-order valence-electron chi connectivity index (χ1n) is 10.0. The highest BCUT2D eigenvalue weighted by Gasteiger charge is 2.32. The van der Waals surface area contributed by atoms with Gasteiger partial charge in [0.15, 0.2) is 11.1 Å². The minimum Gasteiger partial charge on any atom is -0.463 e. The van der Waals surface area contributed by atoms with Gasteiger partial charge in [-0.3, -0.25) is 19.2 Å². The van der Waals surface area contributed by atoms with Gasteiger partial charge in [-0.05, 0) is 55.4 Å².